The van der Waals surface area contributed by atoms with E-state index in [1.165, 1.54) is 0 Å². The van der Waals surface area contributed by atoms with Gasteiger partial charge in [-0.1, -0.05) is 24.3 Å². The van der Waals surface area contributed by atoms with E-state index in [0.29, 0.717) is 17.4 Å². The van der Waals surface area contributed by atoms with Gasteiger partial charge < -0.3 is 10.8 Å². The van der Waals surface area contributed by atoms with Gasteiger partial charge in [0.1, 0.15) is 6.29 Å². The van der Waals surface area contributed by atoms with Gasteiger partial charge in [0, 0.05) is 17.2 Å². The lowest BCUT2D eigenvalue weighted by atomic mass is 9.93. The highest BCUT2D eigenvalue weighted by atomic mass is 16.3. The standard InChI is InChI=1S/C10H14N2O2/c1-7(11)10(12,14)9-5-3-2-4-8(9)6-13/h2-7,14H,11-12H2,1H3/t7-,10+/m0/s1. The molecule has 0 unspecified atom stereocenters. The molecule has 4 nitrogen and oxygen atoms in total. The highest BCUT2D eigenvalue weighted by Crippen LogP contribution is 2.20. The summed E-state index contributed by atoms with van der Waals surface area (Å²) >= 11 is 0. The maximum atomic E-state index is 10.7. The number of carbonyl (C=O) groups is 1. The summed E-state index contributed by atoms with van der Waals surface area (Å²) in [5.74, 6) is 0. The molecule has 0 aliphatic rings. The largest absolute Gasteiger partial charge is 0.370 e. The average molecular weight is 194 g/mol. The van der Waals surface area contributed by atoms with Gasteiger partial charge in [0.05, 0.1) is 0 Å². The normalized spacial score (nSPS) is 17.1. The summed E-state index contributed by atoms with van der Waals surface area (Å²) in [6.07, 6.45) is 0.648. The molecule has 0 aliphatic carbocycles. The van der Waals surface area contributed by atoms with Crippen molar-refractivity contribution in [3.63, 3.8) is 0 Å². The second-order valence-electron chi connectivity index (χ2n) is 3.32. The van der Waals surface area contributed by atoms with Crippen LogP contribution < -0.4 is 11.5 Å². The molecule has 0 aliphatic heterocycles. The third-order valence-electron chi connectivity index (χ3n) is 2.21. The number of aliphatic hydroxyl groups is 1. The maximum Gasteiger partial charge on any atom is 0.155 e. The third-order valence-corrected chi connectivity index (χ3v) is 2.21. The highest BCUT2D eigenvalue weighted by Gasteiger charge is 2.30. The van der Waals surface area contributed by atoms with E-state index in [1.54, 1.807) is 31.2 Å². The van der Waals surface area contributed by atoms with Gasteiger partial charge in [-0.25, -0.2) is 0 Å². The van der Waals surface area contributed by atoms with Gasteiger partial charge in [-0.2, -0.15) is 0 Å². The minimum absolute atomic E-state index is 0.352. The van der Waals surface area contributed by atoms with Crippen LogP contribution in [-0.2, 0) is 5.72 Å². The summed E-state index contributed by atoms with van der Waals surface area (Å²) in [5, 5.41) is 9.87. The Hall–Kier alpha value is -1.23. The number of benzene rings is 1. The molecule has 1 rings (SSSR count). The van der Waals surface area contributed by atoms with Crippen LogP contribution in [0.2, 0.25) is 0 Å². The summed E-state index contributed by atoms with van der Waals surface area (Å²) in [7, 11) is 0. The second-order valence-corrected chi connectivity index (χ2v) is 3.32. The highest BCUT2D eigenvalue weighted by molar-refractivity contribution is 5.77. The summed E-state index contributed by atoms with van der Waals surface area (Å²) in [6.45, 7) is 1.58. The fourth-order valence-electron chi connectivity index (χ4n) is 1.21. The predicted octanol–water partition coefficient (Wildman–Crippen LogP) is -0.0499. The van der Waals surface area contributed by atoms with Crippen molar-refractivity contribution >= 4 is 6.29 Å². The lowest BCUT2D eigenvalue weighted by molar-refractivity contribution is 0.0210. The molecule has 0 bridgehead atoms. The summed E-state index contributed by atoms with van der Waals surface area (Å²) in [4.78, 5) is 10.7. The molecule has 4 heteroatoms. The first-order chi connectivity index (χ1) is 6.50. The topological polar surface area (TPSA) is 89.3 Å². The van der Waals surface area contributed by atoms with Crippen molar-refractivity contribution < 1.29 is 9.90 Å². The molecule has 5 N–H and O–H groups in total. The number of rotatable bonds is 3. The molecule has 1 aromatic carbocycles. The SMILES string of the molecule is C[C@H](N)[C@@](N)(O)c1ccccc1C=O. The van der Waals surface area contributed by atoms with Gasteiger partial charge in [-0.15, -0.1) is 0 Å². The van der Waals surface area contributed by atoms with E-state index in [2.05, 4.69) is 0 Å². The van der Waals surface area contributed by atoms with E-state index < -0.39 is 11.8 Å². The zero-order valence-corrected chi connectivity index (χ0v) is 7.97. The third kappa shape index (κ3) is 1.82. The Labute approximate surface area is 82.5 Å². The molecule has 0 amide bonds. The fraction of sp³-hybridized carbons (Fsp3) is 0.300. The fourth-order valence-corrected chi connectivity index (χ4v) is 1.21. The number of hydrogen-bond donors (Lipinski definition) is 3. The van der Waals surface area contributed by atoms with Gasteiger partial charge in [-0.05, 0) is 6.92 Å². The van der Waals surface area contributed by atoms with Crippen LogP contribution in [0.15, 0.2) is 24.3 Å². The first-order valence-corrected chi connectivity index (χ1v) is 4.31. The van der Waals surface area contributed by atoms with Crippen LogP contribution in [0.4, 0.5) is 0 Å². The molecule has 1 aromatic rings. The van der Waals surface area contributed by atoms with Crippen LogP contribution in [0.3, 0.4) is 0 Å². The van der Waals surface area contributed by atoms with E-state index in [0.717, 1.165) is 0 Å². The number of nitrogens with two attached hydrogens (primary N) is 2. The predicted molar refractivity (Wildman–Crippen MR) is 53.6 cm³/mol. The van der Waals surface area contributed by atoms with Crippen molar-refractivity contribution in [2.45, 2.75) is 18.7 Å². The van der Waals surface area contributed by atoms with E-state index in [9.17, 15) is 9.90 Å². The molecule has 0 fully saturated rings. The first kappa shape index (κ1) is 10.8. The molecule has 14 heavy (non-hydrogen) atoms. The minimum Gasteiger partial charge on any atom is -0.370 e. The molecule has 0 heterocycles. The summed E-state index contributed by atoms with van der Waals surface area (Å²) in [6, 6.07) is 5.92. The van der Waals surface area contributed by atoms with Gasteiger partial charge in [-0.3, -0.25) is 10.5 Å². The summed E-state index contributed by atoms with van der Waals surface area (Å²) in [5.41, 5.74) is 10.2. The van der Waals surface area contributed by atoms with Gasteiger partial charge in [0.2, 0.25) is 0 Å². The van der Waals surface area contributed by atoms with Gasteiger partial charge >= 0.3 is 0 Å². The van der Waals surface area contributed by atoms with Crippen LogP contribution in [0.25, 0.3) is 0 Å². The van der Waals surface area contributed by atoms with E-state index in [-0.39, 0.29) is 0 Å². The van der Waals surface area contributed by atoms with Crippen molar-refractivity contribution in [1.82, 2.24) is 0 Å². The molecule has 0 spiro atoms. The Kier molecular flexibility index (Phi) is 3.00. The zero-order valence-electron chi connectivity index (χ0n) is 7.97. The van der Waals surface area contributed by atoms with Crippen molar-refractivity contribution in [2.75, 3.05) is 0 Å². The van der Waals surface area contributed by atoms with Crippen LogP contribution in [0.5, 0.6) is 0 Å². The van der Waals surface area contributed by atoms with Crippen molar-refractivity contribution in [2.24, 2.45) is 11.5 Å². The van der Waals surface area contributed by atoms with E-state index in [1.807, 2.05) is 0 Å². The molecule has 0 radical (unpaired) electrons. The quantitative estimate of drug-likeness (QED) is 0.465. The molecule has 0 saturated heterocycles. The van der Waals surface area contributed by atoms with Gasteiger partial charge in [0.15, 0.2) is 5.72 Å². The van der Waals surface area contributed by atoms with Crippen molar-refractivity contribution in [3.05, 3.63) is 35.4 Å². The van der Waals surface area contributed by atoms with E-state index >= 15 is 0 Å². The van der Waals surface area contributed by atoms with Crippen molar-refractivity contribution in [1.29, 1.82) is 0 Å². The first-order valence-electron chi connectivity index (χ1n) is 4.31. The smallest absolute Gasteiger partial charge is 0.155 e. The van der Waals surface area contributed by atoms with Gasteiger partial charge in [0.25, 0.3) is 0 Å². The Morgan fingerprint density at radius 1 is 1.50 bits per heavy atom. The van der Waals surface area contributed by atoms with Crippen molar-refractivity contribution in [3.8, 4) is 0 Å². The Morgan fingerprint density at radius 3 is 2.57 bits per heavy atom. The number of hydrogen-bond acceptors (Lipinski definition) is 4. The van der Waals surface area contributed by atoms with Crippen LogP contribution >= 0.6 is 0 Å². The minimum atomic E-state index is -1.67. The number of aldehydes is 1. The Bertz CT molecular complexity index is 335. The lowest BCUT2D eigenvalue weighted by Gasteiger charge is -2.28. The second kappa shape index (κ2) is 3.88. The molecule has 0 saturated carbocycles. The molecular formula is C10H14N2O2. The van der Waals surface area contributed by atoms with Crippen LogP contribution in [-0.4, -0.2) is 17.4 Å². The molecule has 2 atom stereocenters. The van der Waals surface area contributed by atoms with Crippen LogP contribution in [0.1, 0.15) is 22.8 Å². The van der Waals surface area contributed by atoms with E-state index in [4.69, 9.17) is 11.5 Å². The molecule has 0 aromatic heterocycles. The maximum absolute atomic E-state index is 10.7. The molecular weight excluding hydrogens is 180 g/mol. The number of carbonyl (C=O) groups excluding carboxylic acids is 1. The zero-order chi connectivity index (χ0) is 10.8. The monoisotopic (exact) mass is 194 g/mol. The summed E-state index contributed by atoms with van der Waals surface area (Å²) < 4.78 is 0. The Morgan fingerprint density at radius 2 is 2.07 bits per heavy atom. The van der Waals surface area contributed by atoms with Crippen LogP contribution in [0, 0.1) is 0 Å². The molecule has 76 valence electrons. The lowest BCUT2D eigenvalue weighted by Crippen LogP contribution is -2.51. The Balaban J connectivity index is 3.24. The average Bonchev–Trinajstić information content (AvgIpc) is 2.17.